The molecule has 106 valence electrons. The number of rotatable bonds is 5. The zero-order valence-corrected chi connectivity index (χ0v) is 11.8. The van der Waals surface area contributed by atoms with Crippen molar-refractivity contribution in [2.24, 2.45) is 0 Å². The highest BCUT2D eigenvalue weighted by molar-refractivity contribution is 5.97. The second-order valence-electron chi connectivity index (χ2n) is 4.83. The van der Waals surface area contributed by atoms with Crippen LogP contribution in [0.5, 0.6) is 5.75 Å². The summed E-state index contributed by atoms with van der Waals surface area (Å²) in [6.45, 7) is 3.48. The number of benzene rings is 1. The van der Waals surface area contributed by atoms with Gasteiger partial charge in [0.15, 0.2) is 0 Å². The molecule has 0 aliphatic carbocycles. The van der Waals surface area contributed by atoms with Gasteiger partial charge in [-0.05, 0) is 25.5 Å². The molecule has 5 nitrogen and oxygen atoms in total. The Hall–Kier alpha value is -2.30. The molecule has 0 radical (unpaired) electrons. The maximum Gasteiger partial charge on any atom is 0.329 e. The first-order valence-electron chi connectivity index (χ1n) is 6.45. The maximum atomic E-state index is 11.4. The highest BCUT2D eigenvalue weighted by Gasteiger charge is 2.31. The first-order chi connectivity index (χ1) is 9.51. The van der Waals surface area contributed by atoms with Gasteiger partial charge in [0.2, 0.25) is 0 Å². The third-order valence-electron chi connectivity index (χ3n) is 3.56. The summed E-state index contributed by atoms with van der Waals surface area (Å²) < 4.78 is 5.31. The third-order valence-corrected chi connectivity index (χ3v) is 3.56. The fraction of sp³-hybridized carbons (Fsp3) is 0.333. The Kier molecular flexibility index (Phi) is 3.79. The van der Waals surface area contributed by atoms with Gasteiger partial charge >= 0.3 is 5.97 Å². The number of aliphatic carboxylic acids is 1. The Balaban J connectivity index is 2.53. The van der Waals surface area contributed by atoms with Crippen LogP contribution in [0.15, 0.2) is 30.5 Å². The van der Waals surface area contributed by atoms with Crippen molar-refractivity contribution >= 4 is 22.6 Å². The van der Waals surface area contributed by atoms with Crippen LogP contribution in [0.25, 0.3) is 10.8 Å². The van der Waals surface area contributed by atoms with Gasteiger partial charge in [0.05, 0.1) is 7.11 Å². The lowest BCUT2D eigenvalue weighted by molar-refractivity contribution is -0.141. The van der Waals surface area contributed by atoms with Crippen molar-refractivity contribution in [3.05, 3.63) is 30.5 Å². The molecule has 0 amide bonds. The molecule has 0 aliphatic heterocycles. The molecule has 0 aliphatic rings. The van der Waals surface area contributed by atoms with Gasteiger partial charge in [-0.2, -0.15) is 0 Å². The molecule has 1 atom stereocenters. The Morgan fingerprint density at radius 3 is 2.75 bits per heavy atom. The van der Waals surface area contributed by atoms with Crippen LogP contribution in [-0.2, 0) is 4.79 Å². The Bertz CT molecular complexity index is 642. The number of anilines is 1. The third kappa shape index (κ3) is 2.39. The van der Waals surface area contributed by atoms with Crippen LogP contribution in [0.1, 0.15) is 20.3 Å². The quantitative estimate of drug-likeness (QED) is 0.877. The van der Waals surface area contributed by atoms with Crippen molar-refractivity contribution in [3.8, 4) is 5.75 Å². The number of carbonyl (C=O) groups is 1. The predicted molar refractivity (Wildman–Crippen MR) is 78.2 cm³/mol. The van der Waals surface area contributed by atoms with Gasteiger partial charge in [0.25, 0.3) is 0 Å². The minimum absolute atomic E-state index is 0.449. The average Bonchev–Trinajstić information content (AvgIpc) is 2.46. The molecule has 0 bridgehead atoms. The predicted octanol–water partition coefficient (Wildman–Crippen LogP) is 2.91. The van der Waals surface area contributed by atoms with Crippen molar-refractivity contribution in [2.45, 2.75) is 25.8 Å². The summed E-state index contributed by atoms with van der Waals surface area (Å²) in [5.74, 6) is 0.385. The smallest absolute Gasteiger partial charge is 0.329 e. The van der Waals surface area contributed by atoms with Crippen molar-refractivity contribution in [1.29, 1.82) is 0 Å². The molecular weight excluding hydrogens is 256 g/mol. The topological polar surface area (TPSA) is 71.5 Å². The number of nitrogens with zero attached hydrogens (tertiary/aromatic N) is 1. The molecule has 0 saturated heterocycles. The molecule has 0 saturated carbocycles. The number of hydrogen-bond acceptors (Lipinski definition) is 4. The van der Waals surface area contributed by atoms with E-state index in [1.165, 1.54) is 0 Å². The van der Waals surface area contributed by atoms with E-state index in [0.29, 0.717) is 12.2 Å². The lowest BCUT2D eigenvalue weighted by Crippen LogP contribution is -2.43. The van der Waals surface area contributed by atoms with Crippen LogP contribution >= 0.6 is 0 Å². The summed E-state index contributed by atoms with van der Waals surface area (Å²) >= 11 is 0. The Morgan fingerprint density at radius 1 is 1.40 bits per heavy atom. The zero-order chi connectivity index (χ0) is 14.8. The van der Waals surface area contributed by atoms with E-state index in [0.717, 1.165) is 16.5 Å². The number of aromatic nitrogens is 1. The lowest BCUT2D eigenvalue weighted by Gasteiger charge is -2.26. The second-order valence-corrected chi connectivity index (χ2v) is 4.83. The molecule has 2 aromatic rings. The van der Waals surface area contributed by atoms with E-state index in [1.807, 2.05) is 31.2 Å². The molecule has 5 heteroatoms. The summed E-state index contributed by atoms with van der Waals surface area (Å²) in [5, 5.41) is 14.1. The highest BCUT2D eigenvalue weighted by atomic mass is 16.5. The van der Waals surface area contributed by atoms with Crippen LogP contribution in [0.4, 0.5) is 5.82 Å². The standard InChI is InChI=1S/C15H18N2O3/c1-4-15(2,14(18)19)17-13-11-6-5-7-12(20-3)10(11)8-9-16-13/h5-9H,4H2,1-3H3,(H,16,17)(H,18,19). The molecular formula is C15H18N2O3. The van der Waals surface area contributed by atoms with E-state index in [1.54, 1.807) is 20.2 Å². The number of hydrogen-bond donors (Lipinski definition) is 2. The van der Waals surface area contributed by atoms with Crippen molar-refractivity contribution in [2.75, 3.05) is 12.4 Å². The van der Waals surface area contributed by atoms with Gasteiger partial charge < -0.3 is 15.2 Å². The van der Waals surface area contributed by atoms with Crippen LogP contribution in [0.2, 0.25) is 0 Å². The molecule has 1 unspecified atom stereocenters. The summed E-state index contributed by atoms with van der Waals surface area (Å²) in [6.07, 6.45) is 2.09. The molecule has 2 rings (SSSR count). The van der Waals surface area contributed by atoms with Gasteiger partial charge in [-0.3, -0.25) is 0 Å². The maximum absolute atomic E-state index is 11.4. The van der Waals surface area contributed by atoms with Crippen LogP contribution in [0.3, 0.4) is 0 Å². The number of ether oxygens (including phenoxy) is 1. The van der Waals surface area contributed by atoms with Crippen LogP contribution < -0.4 is 10.1 Å². The van der Waals surface area contributed by atoms with Crippen molar-refractivity contribution in [3.63, 3.8) is 0 Å². The van der Waals surface area contributed by atoms with Crippen LogP contribution in [-0.4, -0.2) is 28.7 Å². The van der Waals surface area contributed by atoms with E-state index in [-0.39, 0.29) is 0 Å². The van der Waals surface area contributed by atoms with E-state index >= 15 is 0 Å². The first-order valence-corrected chi connectivity index (χ1v) is 6.45. The van der Waals surface area contributed by atoms with Crippen molar-refractivity contribution in [1.82, 2.24) is 4.98 Å². The highest BCUT2D eigenvalue weighted by Crippen LogP contribution is 2.30. The number of pyridine rings is 1. The minimum atomic E-state index is -1.05. The molecule has 1 aromatic heterocycles. The SMILES string of the molecule is CCC(C)(Nc1nccc2c(OC)cccc12)C(=O)O. The minimum Gasteiger partial charge on any atom is -0.496 e. The van der Waals surface area contributed by atoms with Gasteiger partial charge in [0.1, 0.15) is 17.1 Å². The molecule has 1 aromatic carbocycles. The molecule has 0 fully saturated rings. The summed E-state index contributed by atoms with van der Waals surface area (Å²) in [5.41, 5.74) is -1.05. The van der Waals surface area contributed by atoms with Gasteiger partial charge in [-0.1, -0.05) is 19.1 Å². The molecule has 20 heavy (non-hydrogen) atoms. The normalized spacial score (nSPS) is 13.8. The average molecular weight is 274 g/mol. The van der Waals surface area contributed by atoms with Gasteiger partial charge in [-0.15, -0.1) is 0 Å². The van der Waals surface area contributed by atoms with E-state index in [2.05, 4.69) is 10.3 Å². The monoisotopic (exact) mass is 274 g/mol. The van der Waals surface area contributed by atoms with E-state index in [9.17, 15) is 9.90 Å². The number of methoxy groups -OCH3 is 1. The summed E-state index contributed by atoms with van der Waals surface area (Å²) in [4.78, 5) is 15.7. The second kappa shape index (κ2) is 5.36. The van der Waals surface area contributed by atoms with Gasteiger partial charge in [0, 0.05) is 17.0 Å². The number of carboxylic acids is 1. The van der Waals surface area contributed by atoms with Gasteiger partial charge in [-0.25, -0.2) is 9.78 Å². The summed E-state index contributed by atoms with van der Waals surface area (Å²) in [6, 6.07) is 7.47. The molecule has 2 N–H and O–H groups in total. The zero-order valence-electron chi connectivity index (χ0n) is 11.8. The molecule has 0 spiro atoms. The van der Waals surface area contributed by atoms with E-state index < -0.39 is 11.5 Å². The largest absolute Gasteiger partial charge is 0.496 e. The summed E-state index contributed by atoms with van der Waals surface area (Å²) in [7, 11) is 1.61. The number of fused-ring (bicyclic) bond motifs is 1. The lowest BCUT2D eigenvalue weighted by atomic mass is 9.98. The fourth-order valence-corrected chi connectivity index (χ4v) is 2.01. The fourth-order valence-electron chi connectivity index (χ4n) is 2.01. The first kappa shape index (κ1) is 14.1. The Morgan fingerprint density at radius 2 is 2.15 bits per heavy atom. The number of nitrogens with one attached hydrogen (secondary N) is 1. The van der Waals surface area contributed by atoms with Crippen molar-refractivity contribution < 1.29 is 14.6 Å². The Labute approximate surface area is 117 Å². The molecule has 1 heterocycles. The van der Waals surface area contributed by atoms with E-state index in [4.69, 9.17) is 4.74 Å². The number of carboxylic acid groups (broad SMARTS) is 1. The van der Waals surface area contributed by atoms with Crippen LogP contribution in [0, 0.1) is 0 Å².